The Morgan fingerprint density at radius 2 is 2.11 bits per heavy atom. The summed E-state index contributed by atoms with van der Waals surface area (Å²) in [6, 6.07) is 7.32. The Hall–Kier alpha value is -1.92. The summed E-state index contributed by atoms with van der Waals surface area (Å²) in [5, 5.41) is 16.8. The lowest BCUT2D eigenvalue weighted by molar-refractivity contribution is 0.174. The van der Waals surface area contributed by atoms with Gasteiger partial charge in [-0.25, -0.2) is 0 Å². The van der Waals surface area contributed by atoms with Gasteiger partial charge in [0, 0.05) is 13.5 Å². The molecule has 1 aromatic heterocycles. The minimum absolute atomic E-state index is 0.417. The van der Waals surface area contributed by atoms with Crippen molar-refractivity contribution in [2.45, 2.75) is 19.6 Å². The van der Waals surface area contributed by atoms with E-state index in [1.807, 2.05) is 24.3 Å². The molecular formula is C13H17N3O3. The molecule has 0 spiro atoms. The highest BCUT2D eigenvalue weighted by Crippen LogP contribution is 2.16. The molecule has 102 valence electrons. The molecule has 2 aromatic rings. The Balaban J connectivity index is 1.81. The molecule has 0 radical (unpaired) electrons. The predicted molar refractivity (Wildman–Crippen MR) is 68.7 cm³/mol. The number of aliphatic hydroxyl groups excluding tert-OH is 1. The van der Waals surface area contributed by atoms with E-state index >= 15 is 0 Å². The third-order valence-corrected chi connectivity index (χ3v) is 2.69. The average Bonchev–Trinajstić information content (AvgIpc) is 2.84. The zero-order chi connectivity index (χ0) is 13.7. The van der Waals surface area contributed by atoms with E-state index in [-0.39, 0.29) is 0 Å². The Kier molecular flexibility index (Phi) is 4.48. The second-order valence-electron chi connectivity index (χ2n) is 4.15. The average molecular weight is 263 g/mol. The second kappa shape index (κ2) is 6.31. The number of ether oxygens (including phenoxy) is 1. The maximum Gasteiger partial charge on any atom is 0.223 e. The van der Waals surface area contributed by atoms with Crippen LogP contribution < -0.4 is 10.1 Å². The van der Waals surface area contributed by atoms with Crippen molar-refractivity contribution in [1.82, 2.24) is 15.5 Å². The molecule has 6 nitrogen and oxygen atoms in total. The fourth-order valence-electron chi connectivity index (χ4n) is 1.68. The molecule has 0 fully saturated rings. The molecule has 1 unspecified atom stereocenters. The first-order chi connectivity index (χ1) is 9.19. The zero-order valence-corrected chi connectivity index (χ0v) is 11.0. The van der Waals surface area contributed by atoms with Crippen LogP contribution in [0.4, 0.5) is 0 Å². The number of hydrogen-bond donors (Lipinski definition) is 2. The highest BCUT2D eigenvalue weighted by molar-refractivity contribution is 5.28. The van der Waals surface area contributed by atoms with Gasteiger partial charge in [0.1, 0.15) is 5.75 Å². The van der Waals surface area contributed by atoms with Crippen LogP contribution in [0.1, 0.15) is 23.4 Å². The van der Waals surface area contributed by atoms with E-state index in [1.165, 1.54) is 0 Å². The van der Waals surface area contributed by atoms with Crippen LogP contribution in [0.5, 0.6) is 5.75 Å². The van der Waals surface area contributed by atoms with Gasteiger partial charge in [0.2, 0.25) is 5.89 Å². The van der Waals surface area contributed by atoms with Crippen molar-refractivity contribution >= 4 is 0 Å². The van der Waals surface area contributed by atoms with Crippen LogP contribution in [0.3, 0.4) is 0 Å². The summed E-state index contributed by atoms with van der Waals surface area (Å²) in [5.41, 5.74) is 0.831. The van der Waals surface area contributed by atoms with Crippen LogP contribution in [0.25, 0.3) is 0 Å². The number of aromatic nitrogens is 2. The van der Waals surface area contributed by atoms with E-state index in [1.54, 1.807) is 14.0 Å². The molecular weight excluding hydrogens is 246 g/mol. The van der Waals surface area contributed by atoms with Crippen molar-refractivity contribution in [3.63, 3.8) is 0 Å². The molecule has 0 aliphatic heterocycles. The smallest absolute Gasteiger partial charge is 0.223 e. The van der Waals surface area contributed by atoms with Crippen LogP contribution in [0.2, 0.25) is 0 Å². The Labute approximate surface area is 111 Å². The molecule has 6 heteroatoms. The minimum atomic E-state index is -0.584. The van der Waals surface area contributed by atoms with Gasteiger partial charge in [-0.1, -0.05) is 17.3 Å². The summed E-state index contributed by atoms with van der Waals surface area (Å²) in [6.45, 7) is 2.62. The number of rotatable bonds is 6. The molecule has 0 aliphatic carbocycles. The maximum atomic E-state index is 10.00. The molecule has 1 heterocycles. The molecule has 1 atom stereocenters. The maximum absolute atomic E-state index is 10.00. The molecule has 0 bridgehead atoms. The van der Waals surface area contributed by atoms with E-state index in [4.69, 9.17) is 9.26 Å². The first-order valence-corrected chi connectivity index (χ1v) is 6.01. The van der Waals surface area contributed by atoms with Crippen molar-refractivity contribution in [3.8, 4) is 5.75 Å². The molecule has 2 N–H and O–H groups in total. The summed E-state index contributed by atoms with van der Waals surface area (Å²) >= 11 is 0. The van der Waals surface area contributed by atoms with Crippen molar-refractivity contribution in [2.24, 2.45) is 0 Å². The van der Waals surface area contributed by atoms with Gasteiger partial charge < -0.3 is 19.7 Å². The lowest BCUT2D eigenvalue weighted by atomic mass is 10.1. The lowest BCUT2D eigenvalue weighted by Gasteiger charge is -2.11. The van der Waals surface area contributed by atoms with Crippen molar-refractivity contribution in [1.29, 1.82) is 0 Å². The summed E-state index contributed by atoms with van der Waals surface area (Å²) < 4.78 is 9.92. The van der Waals surface area contributed by atoms with Crippen molar-refractivity contribution in [2.75, 3.05) is 13.7 Å². The van der Waals surface area contributed by atoms with Gasteiger partial charge >= 0.3 is 0 Å². The van der Waals surface area contributed by atoms with Crippen LogP contribution >= 0.6 is 0 Å². The molecule has 0 saturated heterocycles. The molecule has 19 heavy (non-hydrogen) atoms. The van der Waals surface area contributed by atoms with Crippen molar-refractivity contribution in [3.05, 3.63) is 41.5 Å². The van der Waals surface area contributed by atoms with Gasteiger partial charge in [0.05, 0.1) is 19.8 Å². The van der Waals surface area contributed by atoms with E-state index in [9.17, 15) is 5.11 Å². The van der Waals surface area contributed by atoms with Crippen LogP contribution in [-0.2, 0) is 6.54 Å². The Bertz CT molecular complexity index is 510. The Morgan fingerprint density at radius 1 is 1.37 bits per heavy atom. The highest BCUT2D eigenvalue weighted by atomic mass is 16.5. The predicted octanol–water partition coefficient (Wildman–Crippen LogP) is 1.21. The largest absolute Gasteiger partial charge is 0.497 e. The highest BCUT2D eigenvalue weighted by Gasteiger charge is 2.08. The lowest BCUT2D eigenvalue weighted by Crippen LogP contribution is -2.21. The normalized spacial score (nSPS) is 12.4. The SMILES string of the molecule is COc1ccc(C(O)CNCc2noc(C)n2)cc1. The number of benzene rings is 1. The van der Waals surface area contributed by atoms with Gasteiger partial charge in [-0.15, -0.1) is 0 Å². The molecule has 1 aromatic carbocycles. The molecule has 0 aliphatic rings. The van der Waals surface area contributed by atoms with Crippen LogP contribution in [-0.4, -0.2) is 28.9 Å². The first kappa shape index (κ1) is 13.5. The number of nitrogens with one attached hydrogen (secondary N) is 1. The van der Waals surface area contributed by atoms with Gasteiger partial charge in [-0.2, -0.15) is 4.98 Å². The van der Waals surface area contributed by atoms with Gasteiger partial charge in [-0.3, -0.25) is 0 Å². The molecule has 0 saturated carbocycles. The fraction of sp³-hybridized carbons (Fsp3) is 0.385. The van der Waals surface area contributed by atoms with E-state index < -0.39 is 6.10 Å². The summed E-state index contributed by atoms with van der Waals surface area (Å²) in [5.74, 6) is 1.89. The third-order valence-electron chi connectivity index (χ3n) is 2.69. The summed E-state index contributed by atoms with van der Waals surface area (Å²) in [6.07, 6.45) is -0.584. The number of methoxy groups -OCH3 is 1. The van der Waals surface area contributed by atoms with Gasteiger partial charge in [-0.05, 0) is 17.7 Å². The van der Waals surface area contributed by atoms with E-state index in [0.717, 1.165) is 11.3 Å². The minimum Gasteiger partial charge on any atom is -0.497 e. The standard InChI is InChI=1S/C13H17N3O3/c1-9-15-13(16-19-9)8-14-7-12(17)10-3-5-11(18-2)6-4-10/h3-6,12,14,17H,7-8H2,1-2H3. The molecule has 0 amide bonds. The third kappa shape index (κ3) is 3.77. The molecule has 2 rings (SSSR count). The van der Waals surface area contributed by atoms with Crippen molar-refractivity contribution < 1.29 is 14.4 Å². The quantitative estimate of drug-likeness (QED) is 0.815. The van der Waals surface area contributed by atoms with Crippen LogP contribution in [0.15, 0.2) is 28.8 Å². The van der Waals surface area contributed by atoms with Crippen LogP contribution in [0, 0.1) is 6.92 Å². The fourth-order valence-corrected chi connectivity index (χ4v) is 1.68. The zero-order valence-electron chi connectivity index (χ0n) is 11.0. The summed E-state index contributed by atoms with van der Waals surface area (Å²) in [4.78, 5) is 4.06. The monoisotopic (exact) mass is 263 g/mol. The number of hydrogen-bond acceptors (Lipinski definition) is 6. The topological polar surface area (TPSA) is 80.4 Å². The van der Waals surface area contributed by atoms with E-state index in [2.05, 4.69) is 15.5 Å². The number of aryl methyl sites for hydroxylation is 1. The van der Waals surface area contributed by atoms with E-state index in [0.29, 0.717) is 24.8 Å². The first-order valence-electron chi connectivity index (χ1n) is 6.01. The Morgan fingerprint density at radius 3 is 2.68 bits per heavy atom. The van der Waals surface area contributed by atoms with Gasteiger partial charge in [0.15, 0.2) is 5.82 Å². The number of nitrogens with zero attached hydrogens (tertiary/aromatic N) is 2. The second-order valence-corrected chi connectivity index (χ2v) is 4.15. The van der Waals surface area contributed by atoms with Gasteiger partial charge in [0.25, 0.3) is 0 Å². The number of aliphatic hydroxyl groups is 1. The summed E-state index contributed by atoms with van der Waals surface area (Å²) in [7, 11) is 1.61.